The van der Waals surface area contributed by atoms with E-state index in [0.717, 1.165) is 15.6 Å². The Morgan fingerprint density at radius 2 is 1.95 bits per heavy atom. The zero-order chi connectivity index (χ0) is 15.2. The monoisotopic (exact) mass is 367 g/mol. The molecule has 0 saturated heterocycles. The number of methoxy groups -OCH3 is 1. The predicted molar refractivity (Wildman–Crippen MR) is 87.5 cm³/mol. The van der Waals surface area contributed by atoms with Gasteiger partial charge in [0.1, 0.15) is 0 Å². The second-order valence-corrected chi connectivity index (χ2v) is 5.77. The Balaban J connectivity index is 2.05. The second kappa shape index (κ2) is 7.59. The standard InChI is InChI=1S/C16H15BrClNO2/c1-21-10-13-5-3-2-4-12(13)9-19-16(20)11-6-7-14(17)15(18)8-11/h2-8H,9-10H2,1H3,(H,19,20). The van der Waals surface area contributed by atoms with Crippen molar-refractivity contribution in [2.24, 2.45) is 0 Å². The van der Waals surface area contributed by atoms with Gasteiger partial charge in [-0.1, -0.05) is 35.9 Å². The molecule has 21 heavy (non-hydrogen) atoms. The average molecular weight is 369 g/mol. The van der Waals surface area contributed by atoms with Gasteiger partial charge in [0.05, 0.1) is 11.6 Å². The van der Waals surface area contributed by atoms with Crippen LogP contribution in [-0.4, -0.2) is 13.0 Å². The first-order valence-corrected chi connectivity index (χ1v) is 7.58. The molecule has 0 fully saturated rings. The summed E-state index contributed by atoms with van der Waals surface area (Å²) in [4.78, 5) is 12.1. The fourth-order valence-corrected chi connectivity index (χ4v) is 2.37. The van der Waals surface area contributed by atoms with Gasteiger partial charge in [-0.15, -0.1) is 0 Å². The van der Waals surface area contributed by atoms with Crippen molar-refractivity contribution in [3.8, 4) is 0 Å². The summed E-state index contributed by atoms with van der Waals surface area (Å²) in [5.41, 5.74) is 2.64. The first-order chi connectivity index (χ1) is 10.1. The molecule has 1 amide bonds. The summed E-state index contributed by atoms with van der Waals surface area (Å²) >= 11 is 9.30. The van der Waals surface area contributed by atoms with Gasteiger partial charge < -0.3 is 10.1 Å². The Morgan fingerprint density at radius 1 is 1.24 bits per heavy atom. The lowest BCUT2D eigenvalue weighted by molar-refractivity contribution is 0.0950. The van der Waals surface area contributed by atoms with E-state index in [1.165, 1.54) is 0 Å². The maximum Gasteiger partial charge on any atom is 0.251 e. The molecule has 2 aromatic carbocycles. The van der Waals surface area contributed by atoms with E-state index in [0.29, 0.717) is 23.7 Å². The molecular weight excluding hydrogens is 354 g/mol. The van der Waals surface area contributed by atoms with Crippen LogP contribution in [0, 0.1) is 0 Å². The number of hydrogen-bond acceptors (Lipinski definition) is 2. The van der Waals surface area contributed by atoms with Crippen LogP contribution in [0.3, 0.4) is 0 Å². The minimum Gasteiger partial charge on any atom is -0.380 e. The maximum atomic E-state index is 12.1. The highest BCUT2D eigenvalue weighted by Crippen LogP contribution is 2.23. The summed E-state index contributed by atoms with van der Waals surface area (Å²) in [5.74, 6) is -0.156. The van der Waals surface area contributed by atoms with Gasteiger partial charge in [0.2, 0.25) is 0 Å². The smallest absolute Gasteiger partial charge is 0.251 e. The van der Waals surface area contributed by atoms with Crippen LogP contribution in [0.1, 0.15) is 21.5 Å². The van der Waals surface area contributed by atoms with Gasteiger partial charge in [0, 0.05) is 23.7 Å². The number of carbonyl (C=O) groups excluding carboxylic acids is 1. The van der Waals surface area contributed by atoms with Crippen molar-refractivity contribution in [3.63, 3.8) is 0 Å². The van der Waals surface area contributed by atoms with Crippen molar-refractivity contribution in [2.75, 3.05) is 7.11 Å². The van der Waals surface area contributed by atoms with Crippen LogP contribution in [0.25, 0.3) is 0 Å². The summed E-state index contributed by atoms with van der Waals surface area (Å²) in [6.07, 6.45) is 0. The van der Waals surface area contributed by atoms with Crippen molar-refractivity contribution >= 4 is 33.4 Å². The Kier molecular flexibility index (Phi) is 5.79. The largest absolute Gasteiger partial charge is 0.380 e. The van der Waals surface area contributed by atoms with E-state index in [1.54, 1.807) is 25.3 Å². The summed E-state index contributed by atoms with van der Waals surface area (Å²) in [6.45, 7) is 0.974. The molecule has 3 nitrogen and oxygen atoms in total. The van der Waals surface area contributed by atoms with E-state index >= 15 is 0 Å². The third kappa shape index (κ3) is 4.30. The number of amides is 1. The molecule has 0 aliphatic heterocycles. The van der Waals surface area contributed by atoms with Gasteiger partial charge in [0.25, 0.3) is 5.91 Å². The molecule has 5 heteroatoms. The third-order valence-corrected chi connectivity index (χ3v) is 4.27. The summed E-state index contributed by atoms with van der Waals surface area (Å²) in [6, 6.07) is 13.0. The molecule has 2 aromatic rings. The van der Waals surface area contributed by atoms with Crippen LogP contribution in [0.5, 0.6) is 0 Å². The first kappa shape index (κ1) is 16.0. The Bertz CT molecular complexity index is 646. The van der Waals surface area contributed by atoms with E-state index in [-0.39, 0.29) is 5.91 Å². The molecule has 0 unspecified atom stereocenters. The molecule has 0 aromatic heterocycles. The van der Waals surface area contributed by atoms with E-state index in [1.807, 2.05) is 24.3 Å². The molecule has 0 heterocycles. The topological polar surface area (TPSA) is 38.3 Å². The van der Waals surface area contributed by atoms with Gasteiger partial charge in [-0.25, -0.2) is 0 Å². The highest BCUT2D eigenvalue weighted by atomic mass is 79.9. The normalized spacial score (nSPS) is 10.4. The molecule has 0 aliphatic carbocycles. The Labute approximate surface area is 137 Å². The Morgan fingerprint density at radius 3 is 2.62 bits per heavy atom. The van der Waals surface area contributed by atoms with Gasteiger partial charge in [-0.05, 0) is 45.3 Å². The van der Waals surface area contributed by atoms with Crippen molar-refractivity contribution in [3.05, 3.63) is 68.7 Å². The molecule has 0 bridgehead atoms. The zero-order valence-corrected chi connectivity index (χ0v) is 13.9. The summed E-state index contributed by atoms with van der Waals surface area (Å²) in [5, 5.41) is 3.41. The lowest BCUT2D eigenvalue weighted by Gasteiger charge is -2.10. The third-order valence-electron chi connectivity index (χ3n) is 3.04. The molecule has 1 N–H and O–H groups in total. The fraction of sp³-hybridized carbons (Fsp3) is 0.188. The molecule has 0 spiro atoms. The highest BCUT2D eigenvalue weighted by molar-refractivity contribution is 9.10. The maximum absolute atomic E-state index is 12.1. The van der Waals surface area contributed by atoms with E-state index in [2.05, 4.69) is 21.2 Å². The number of hydrogen-bond donors (Lipinski definition) is 1. The number of nitrogens with one attached hydrogen (secondary N) is 1. The SMILES string of the molecule is COCc1ccccc1CNC(=O)c1ccc(Br)c(Cl)c1. The molecule has 110 valence electrons. The predicted octanol–water partition coefficient (Wildman–Crippen LogP) is 4.18. The number of benzene rings is 2. The van der Waals surface area contributed by atoms with Gasteiger partial charge >= 0.3 is 0 Å². The number of halogens is 2. The van der Waals surface area contributed by atoms with Gasteiger partial charge in [-0.3, -0.25) is 4.79 Å². The molecule has 0 atom stereocenters. The fourth-order valence-electron chi connectivity index (χ4n) is 1.94. The van der Waals surface area contributed by atoms with E-state index in [4.69, 9.17) is 16.3 Å². The molecule has 0 saturated carbocycles. The second-order valence-electron chi connectivity index (χ2n) is 4.51. The number of ether oxygens (including phenoxy) is 1. The summed E-state index contributed by atoms with van der Waals surface area (Å²) in [7, 11) is 1.65. The summed E-state index contributed by atoms with van der Waals surface area (Å²) < 4.78 is 5.92. The minimum absolute atomic E-state index is 0.156. The number of carbonyl (C=O) groups is 1. The van der Waals surface area contributed by atoms with E-state index < -0.39 is 0 Å². The van der Waals surface area contributed by atoms with Crippen molar-refractivity contribution < 1.29 is 9.53 Å². The lowest BCUT2D eigenvalue weighted by Crippen LogP contribution is -2.23. The van der Waals surface area contributed by atoms with Gasteiger partial charge in [-0.2, -0.15) is 0 Å². The molecular formula is C16H15BrClNO2. The number of rotatable bonds is 5. The molecule has 2 rings (SSSR count). The van der Waals surface area contributed by atoms with Crippen LogP contribution >= 0.6 is 27.5 Å². The highest BCUT2D eigenvalue weighted by Gasteiger charge is 2.09. The van der Waals surface area contributed by atoms with Crippen LogP contribution in [-0.2, 0) is 17.9 Å². The van der Waals surface area contributed by atoms with Crippen LogP contribution in [0.15, 0.2) is 46.9 Å². The van der Waals surface area contributed by atoms with Crippen molar-refractivity contribution in [1.29, 1.82) is 0 Å². The van der Waals surface area contributed by atoms with Crippen molar-refractivity contribution in [2.45, 2.75) is 13.2 Å². The minimum atomic E-state index is -0.156. The van der Waals surface area contributed by atoms with Crippen LogP contribution < -0.4 is 5.32 Å². The zero-order valence-electron chi connectivity index (χ0n) is 11.5. The molecule has 0 aliphatic rings. The average Bonchev–Trinajstić information content (AvgIpc) is 2.49. The van der Waals surface area contributed by atoms with Crippen LogP contribution in [0.2, 0.25) is 5.02 Å². The van der Waals surface area contributed by atoms with Crippen LogP contribution in [0.4, 0.5) is 0 Å². The van der Waals surface area contributed by atoms with E-state index in [9.17, 15) is 4.79 Å². The quantitative estimate of drug-likeness (QED) is 0.860. The van der Waals surface area contributed by atoms with Gasteiger partial charge in [0.15, 0.2) is 0 Å². The lowest BCUT2D eigenvalue weighted by atomic mass is 10.1. The van der Waals surface area contributed by atoms with Crippen molar-refractivity contribution in [1.82, 2.24) is 5.32 Å². The Hall–Kier alpha value is -1.36. The first-order valence-electron chi connectivity index (χ1n) is 6.41. The molecule has 0 radical (unpaired) electrons.